The minimum Gasteiger partial charge on any atom is -0.354 e. The van der Waals surface area contributed by atoms with Crippen molar-refractivity contribution >= 4 is 21.8 Å². The first-order valence-electron chi connectivity index (χ1n) is 11.6. The third-order valence-electron chi connectivity index (χ3n) is 7.02. The monoisotopic (exact) mass is 442 g/mol. The van der Waals surface area contributed by atoms with Gasteiger partial charge in [-0.2, -0.15) is 0 Å². The second kappa shape index (κ2) is 10.4. The molecule has 4 N–H and O–H groups in total. The third kappa shape index (κ3) is 6.40. The van der Waals surface area contributed by atoms with E-state index in [-0.39, 0.29) is 23.8 Å². The molecule has 1 saturated heterocycles. The first-order valence-corrected chi connectivity index (χ1v) is 13.4. The Bertz CT molecular complexity index is 700. The van der Waals surface area contributed by atoms with Crippen LogP contribution in [0.1, 0.15) is 70.6 Å². The van der Waals surface area contributed by atoms with E-state index in [0.717, 1.165) is 70.5 Å². The Kier molecular flexibility index (Phi) is 8.15. The molecule has 3 aliphatic rings. The molecule has 2 saturated carbocycles. The molecule has 0 aromatic rings. The van der Waals surface area contributed by atoms with Crippen molar-refractivity contribution in [3.05, 3.63) is 0 Å². The van der Waals surface area contributed by atoms with Gasteiger partial charge in [0, 0.05) is 19.1 Å². The van der Waals surface area contributed by atoms with Crippen LogP contribution in [0.2, 0.25) is 0 Å². The van der Waals surface area contributed by atoms with Gasteiger partial charge < -0.3 is 16.0 Å². The molecule has 0 aromatic carbocycles. The van der Waals surface area contributed by atoms with E-state index in [1.807, 2.05) is 0 Å². The van der Waals surface area contributed by atoms with Gasteiger partial charge in [0.05, 0.1) is 6.26 Å². The van der Waals surface area contributed by atoms with E-state index in [1.165, 1.54) is 0 Å². The highest BCUT2D eigenvalue weighted by atomic mass is 32.2. The zero-order valence-corrected chi connectivity index (χ0v) is 19.0. The fraction of sp³-hybridized carbons (Fsp3) is 0.905. The molecule has 2 atom stereocenters. The zero-order chi connectivity index (χ0) is 21.7. The summed E-state index contributed by atoms with van der Waals surface area (Å²) in [5.74, 6) is 0.0870. The largest absolute Gasteiger partial charge is 0.354 e. The summed E-state index contributed by atoms with van der Waals surface area (Å²) >= 11 is 0. The van der Waals surface area contributed by atoms with Crippen LogP contribution in [-0.4, -0.2) is 62.6 Å². The number of hydrogen-bond donors (Lipinski definition) is 3. The van der Waals surface area contributed by atoms with Crippen LogP contribution in [0.4, 0.5) is 0 Å². The van der Waals surface area contributed by atoms with Crippen LogP contribution in [0, 0.1) is 11.8 Å². The van der Waals surface area contributed by atoms with Crippen LogP contribution >= 0.6 is 0 Å². The van der Waals surface area contributed by atoms with Crippen LogP contribution in [0.25, 0.3) is 0 Å². The van der Waals surface area contributed by atoms with Crippen molar-refractivity contribution in [1.82, 2.24) is 14.9 Å². The summed E-state index contributed by atoms with van der Waals surface area (Å²) in [6.45, 7) is 1.13. The van der Waals surface area contributed by atoms with Gasteiger partial charge in [0.25, 0.3) is 0 Å². The summed E-state index contributed by atoms with van der Waals surface area (Å²) in [7, 11) is -3.52. The Morgan fingerprint density at radius 3 is 2.30 bits per heavy atom. The van der Waals surface area contributed by atoms with Crippen molar-refractivity contribution in [2.45, 2.75) is 88.8 Å². The number of amides is 2. The Hall–Kier alpha value is -1.19. The number of likely N-dealkylation sites (tertiary alicyclic amines) is 1. The molecule has 9 heteroatoms. The highest BCUT2D eigenvalue weighted by Gasteiger charge is 2.41. The van der Waals surface area contributed by atoms with E-state index in [2.05, 4.69) is 10.0 Å². The van der Waals surface area contributed by atoms with Crippen LogP contribution in [0.3, 0.4) is 0 Å². The zero-order valence-electron chi connectivity index (χ0n) is 18.1. The smallest absolute Gasteiger partial charge is 0.242 e. The Morgan fingerprint density at radius 2 is 1.67 bits per heavy atom. The molecule has 3 rings (SSSR count). The first-order chi connectivity index (χ1) is 14.2. The van der Waals surface area contributed by atoms with E-state index in [0.29, 0.717) is 25.4 Å². The number of carbonyl (C=O) groups excluding carboxylic acids is 2. The van der Waals surface area contributed by atoms with Crippen LogP contribution in [0.5, 0.6) is 0 Å². The predicted octanol–water partition coefficient (Wildman–Crippen LogP) is 1.11. The van der Waals surface area contributed by atoms with Gasteiger partial charge in [0.2, 0.25) is 21.8 Å². The fourth-order valence-electron chi connectivity index (χ4n) is 5.28. The summed E-state index contributed by atoms with van der Waals surface area (Å²) in [4.78, 5) is 27.9. The van der Waals surface area contributed by atoms with Crippen LogP contribution in [0.15, 0.2) is 0 Å². The Labute approximate surface area is 180 Å². The van der Waals surface area contributed by atoms with Gasteiger partial charge in [0.1, 0.15) is 12.1 Å². The molecule has 0 radical (unpaired) electrons. The van der Waals surface area contributed by atoms with Gasteiger partial charge >= 0.3 is 0 Å². The average Bonchev–Trinajstić information content (AvgIpc) is 3.21. The number of nitrogens with one attached hydrogen (secondary N) is 2. The topological polar surface area (TPSA) is 122 Å². The van der Waals surface area contributed by atoms with Crippen molar-refractivity contribution in [1.29, 1.82) is 0 Å². The van der Waals surface area contributed by atoms with Crippen molar-refractivity contribution in [2.75, 3.05) is 19.3 Å². The lowest BCUT2D eigenvalue weighted by atomic mass is 9.83. The SMILES string of the molecule is CS(=O)(=O)NC(C(=O)N1CCCC1C(=O)NCC1CCC(N)CC1)C1CCCCC1. The summed E-state index contributed by atoms with van der Waals surface area (Å²) in [5.41, 5.74) is 5.96. The predicted molar refractivity (Wildman–Crippen MR) is 116 cm³/mol. The molecule has 0 bridgehead atoms. The maximum Gasteiger partial charge on any atom is 0.242 e. The molecule has 1 aliphatic heterocycles. The summed E-state index contributed by atoms with van der Waals surface area (Å²) in [6, 6.07) is -0.997. The van der Waals surface area contributed by atoms with E-state index in [9.17, 15) is 18.0 Å². The minimum atomic E-state index is -3.52. The number of sulfonamides is 1. The van der Waals surface area contributed by atoms with E-state index >= 15 is 0 Å². The second-order valence-electron chi connectivity index (χ2n) is 9.48. The molecule has 1 heterocycles. The van der Waals surface area contributed by atoms with Gasteiger partial charge in [-0.25, -0.2) is 13.1 Å². The van der Waals surface area contributed by atoms with Gasteiger partial charge in [-0.15, -0.1) is 0 Å². The normalized spacial score (nSPS) is 29.5. The quantitative estimate of drug-likeness (QED) is 0.545. The maximum atomic E-state index is 13.4. The molecule has 8 nitrogen and oxygen atoms in total. The third-order valence-corrected chi connectivity index (χ3v) is 7.71. The van der Waals surface area contributed by atoms with Crippen molar-refractivity contribution < 1.29 is 18.0 Å². The van der Waals surface area contributed by atoms with Crippen molar-refractivity contribution in [3.63, 3.8) is 0 Å². The summed E-state index contributed by atoms with van der Waals surface area (Å²) < 4.78 is 26.5. The summed E-state index contributed by atoms with van der Waals surface area (Å²) in [5, 5.41) is 3.05. The number of hydrogen-bond acceptors (Lipinski definition) is 5. The van der Waals surface area contributed by atoms with Gasteiger partial charge in [-0.1, -0.05) is 19.3 Å². The van der Waals surface area contributed by atoms with Crippen LogP contribution in [-0.2, 0) is 19.6 Å². The van der Waals surface area contributed by atoms with E-state index < -0.39 is 22.1 Å². The molecular weight excluding hydrogens is 404 g/mol. The number of rotatable bonds is 7. The summed E-state index contributed by atoms with van der Waals surface area (Å²) in [6.07, 6.45) is 11.3. The Morgan fingerprint density at radius 1 is 1.00 bits per heavy atom. The fourth-order valence-corrected chi connectivity index (χ4v) is 6.04. The van der Waals surface area contributed by atoms with Crippen molar-refractivity contribution in [3.8, 4) is 0 Å². The molecule has 3 fully saturated rings. The van der Waals surface area contributed by atoms with Gasteiger partial charge in [-0.3, -0.25) is 9.59 Å². The molecule has 172 valence electrons. The molecular formula is C21H38N4O4S. The number of carbonyl (C=O) groups is 2. The Balaban J connectivity index is 1.62. The molecule has 2 unspecified atom stereocenters. The molecule has 0 aromatic heterocycles. The average molecular weight is 443 g/mol. The standard InChI is InChI=1S/C21H38N4O4S/c1-30(28,29)24-19(16-6-3-2-4-7-16)21(27)25-13-5-8-18(25)20(26)23-14-15-9-11-17(22)12-10-15/h15-19,24H,2-14,22H2,1H3,(H,23,26). The second-order valence-corrected chi connectivity index (χ2v) is 11.3. The highest BCUT2D eigenvalue weighted by molar-refractivity contribution is 7.88. The first kappa shape index (κ1) is 23.5. The lowest BCUT2D eigenvalue weighted by Gasteiger charge is -2.34. The van der Waals surface area contributed by atoms with Gasteiger partial charge in [-0.05, 0) is 63.2 Å². The van der Waals surface area contributed by atoms with E-state index in [4.69, 9.17) is 5.73 Å². The van der Waals surface area contributed by atoms with E-state index in [1.54, 1.807) is 4.90 Å². The van der Waals surface area contributed by atoms with Crippen molar-refractivity contribution in [2.24, 2.45) is 17.6 Å². The number of nitrogens with two attached hydrogens (primary N) is 1. The molecule has 30 heavy (non-hydrogen) atoms. The maximum absolute atomic E-state index is 13.4. The molecule has 0 spiro atoms. The minimum absolute atomic E-state index is 0.00302. The highest BCUT2D eigenvalue weighted by Crippen LogP contribution is 2.30. The number of nitrogens with zero attached hydrogens (tertiary/aromatic N) is 1. The lowest BCUT2D eigenvalue weighted by Crippen LogP contribution is -2.56. The van der Waals surface area contributed by atoms with Gasteiger partial charge in [0.15, 0.2) is 0 Å². The lowest BCUT2D eigenvalue weighted by molar-refractivity contribution is -0.141. The molecule has 2 aliphatic carbocycles. The molecule has 2 amide bonds. The van der Waals surface area contributed by atoms with Crippen LogP contribution < -0.4 is 15.8 Å².